The lowest BCUT2D eigenvalue weighted by molar-refractivity contribution is -0.129. The van der Waals surface area contributed by atoms with E-state index in [1.165, 1.54) is 0 Å². The quantitative estimate of drug-likeness (QED) is 0.324. The minimum atomic E-state index is -0.921. The minimum Gasteiger partial charge on any atom is -0.389 e. The van der Waals surface area contributed by atoms with Crippen molar-refractivity contribution >= 4 is 22.6 Å². The number of pyridine rings is 1. The van der Waals surface area contributed by atoms with E-state index in [9.17, 15) is 14.7 Å². The molecule has 6 rings (SSSR count). The summed E-state index contributed by atoms with van der Waals surface area (Å²) in [5, 5.41) is 15.6. The molecule has 0 bridgehead atoms. The molecule has 10 heteroatoms. The molecule has 3 aromatic heterocycles. The Morgan fingerprint density at radius 1 is 0.977 bits per heavy atom. The molecule has 0 saturated carbocycles. The number of piperazine rings is 1. The number of aromatic nitrogens is 5. The number of benzene rings is 2. The lowest BCUT2D eigenvalue weighted by atomic mass is 10.0. The van der Waals surface area contributed by atoms with Crippen molar-refractivity contribution in [3.05, 3.63) is 95.2 Å². The highest BCUT2D eigenvalue weighted by atomic mass is 16.3. The molecule has 0 spiro atoms. The Bertz CT molecular complexity index is 1860. The number of nitrogens with zero attached hydrogens (tertiary/aromatic N) is 7. The second kappa shape index (κ2) is 11.1. The van der Waals surface area contributed by atoms with Crippen LogP contribution >= 0.6 is 0 Å². The van der Waals surface area contributed by atoms with E-state index >= 15 is 0 Å². The predicted molar refractivity (Wildman–Crippen MR) is 167 cm³/mol. The van der Waals surface area contributed by atoms with Gasteiger partial charge in [-0.15, -0.1) is 0 Å². The normalized spacial score (nSPS) is 15.7. The van der Waals surface area contributed by atoms with Crippen molar-refractivity contribution < 1.29 is 9.90 Å². The number of anilines is 1. The molecule has 43 heavy (non-hydrogen) atoms. The van der Waals surface area contributed by atoms with Gasteiger partial charge in [0.15, 0.2) is 5.82 Å². The van der Waals surface area contributed by atoms with Crippen molar-refractivity contribution in [1.29, 1.82) is 0 Å². The van der Waals surface area contributed by atoms with Crippen molar-refractivity contribution in [2.75, 3.05) is 24.5 Å². The van der Waals surface area contributed by atoms with Crippen LogP contribution < -0.4 is 10.5 Å². The van der Waals surface area contributed by atoms with E-state index in [1.807, 2.05) is 53.7 Å². The summed E-state index contributed by atoms with van der Waals surface area (Å²) in [7, 11) is 1.74. The number of aliphatic hydroxyl groups is 1. The number of aryl methyl sites for hydroxylation is 1. The van der Waals surface area contributed by atoms with E-state index in [1.54, 1.807) is 49.3 Å². The molecule has 0 unspecified atom stereocenters. The van der Waals surface area contributed by atoms with Crippen LogP contribution in [0.4, 0.5) is 5.82 Å². The highest BCUT2D eigenvalue weighted by Gasteiger charge is 2.32. The van der Waals surface area contributed by atoms with Gasteiger partial charge in [0.2, 0.25) is 11.5 Å². The van der Waals surface area contributed by atoms with Crippen LogP contribution in [0.1, 0.15) is 32.4 Å². The molecule has 1 fully saturated rings. The van der Waals surface area contributed by atoms with Crippen molar-refractivity contribution in [1.82, 2.24) is 29.2 Å². The highest BCUT2D eigenvalue weighted by Crippen LogP contribution is 2.37. The molecular formula is C33H35N7O3. The molecule has 1 aliphatic rings. The van der Waals surface area contributed by atoms with Crippen LogP contribution in [0, 0.1) is 0 Å². The Balaban J connectivity index is 1.53. The second-order valence-electron chi connectivity index (χ2n) is 11.8. The summed E-state index contributed by atoms with van der Waals surface area (Å²) in [6.45, 7) is 7.12. The molecule has 1 atom stereocenters. The fraction of sp³-hybridized carbons (Fsp3) is 0.303. The maximum atomic E-state index is 12.5. The lowest BCUT2D eigenvalue weighted by Gasteiger charge is -2.42. The first kappa shape index (κ1) is 28.3. The molecule has 4 heterocycles. The summed E-state index contributed by atoms with van der Waals surface area (Å²) < 4.78 is 3.27. The molecule has 220 valence electrons. The van der Waals surface area contributed by atoms with Crippen LogP contribution in [-0.2, 0) is 18.4 Å². The molecule has 0 radical (unpaired) electrons. The Morgan fingerprint density at radius 3 is 2.47 bits per heavy atom. The zero-order valence-electron chi connectivity index (χ0n) is 24.8. The third-order valence-electron chi connectivity index (χ3n) is 7.82. The fourth-order valence-electron chi connectivity index (χ4n) is 5.65. The van der Waals surface area contributed by atoms with E-state index in [2.05, 4.69) is 28.2 Å². The van der Waals surface area contributed by atoms with Gasteiger partial charge in [-0.05, 0) is 48.7 Å². The van der Waals surface area contributed by atoms with Crippen LogP contribution in [0.5, 0.6) is 0 Å². The first-order valence-corrected chi connectivity index (χ1v) is 14.4. The van der Waals surface area contributed by atoms with Gasteiger partial charge >= 0.3 is 0 Å². The number of hydrogen-bond acceptors (Lipinski definition) is 7. The number of carbonyl (C=O) groups is 1. The Hall–Kier alpha value is -4.83. The van der Waals surface area contributed by atoms with Gasteiger partial charge < -0.3 is 19.5 Å². The Morgan fingerprint density at radius 2 is 1.74 bits per heavy atom. The molecule has 2 aromatic carbocycles. The summed E-state index contributed by atoms with van der Waals surface area (Å²) in [6, 6.07) is 19.5. The summed E-state index contributed by atoms with van der Waals surface area (Å²) in [6.07, 6.45) is 5.40. The van der Waals surface area contributed by atoms with E-state index in [0.29, 0.717) is 32.0 Å². The molecule has 1 amide bonds. The molecule has 5 aromatic rings. The van der Waals surface area contributed by atoms with E-state index in [-0.39, 0.29) is 17.5 Å². The summed E-state index contributed by atoms with van der Waals surface area (Å²) in [5.41, 5.74) is 3.46. The molecule has 1 aliphatic heterocycles. The van der Waals surface area contributed by atoms with Crippen molar-refractivity contribution in [3.63, 3.8) is 0 Å². The van der Waals surface area contributed by atoms with E-state index in [0.717, 1.165) is 39.0 Å². The third-order valence-corrected chi connectivity index (χ3v) is 7.82. The molecule has 10 nitrogen and oxygen atoms in total. The zero-order chi connectivity index (χ0) is 30.3. The van der Waals surface area contributed by atoms with Gasteiger partial charge in [0.05, 0.1) is 35.5 Å². The number of hydrogen-bond donors (Lipinski definition) is 1. The van der Waals surface area contributed by atoms with Gasteiger partial charge in [-0.1, -0.05) is 36.4 Å². The van der Waals surface area contributed by atoms with Crippen molar-refractivity contribution in [2.45, 2.75) is 39.0 Å². The molecule has 1 saturated heterocycles. The second-order valence-corrected chi connectivity index (χ2v) is 11.8. The van der Waals surface area contributed by atoms with Crippen LogP contribution in [0.2, 0.25) is 0 Å². The van der Waals surface area contributed by atoms with Crippen LogP contribution in [0.3, 0.4) is 0 Å². The zero-order valence-corrected chi connectivity index (χ0v) is 24.8. The third kappa shape index (κ3) is 5.91. The van der Waals surface area contributed by atoms with E-state index < -0.39 is 5.60 Å². The standard InChI is InChI=1S/C33H35N7O3/c1-22(41)38-14-15-40(29(20-38)23-8-6-5-7-9-23)32-27-16-24(25-11-13-30(42)37(4)18-25)10-12-28(27)35-31(36-32)26-17-34-39(19-26)21-33(2,3)43/h5-13,16-19,29,43H,14-15,20-21H2,1-4H3/t29-/m1/s1. The van der Waals surface area contributed by atoms with Crippen LogP contribution in [-0.4, -0.2) is 65.5 Å². The fourth-order valence-corrected chi connectivity index (χ4v) is 5.65. The maximum Gasteiger partial charge on any atom is 0.250 e. The van der Waals surface area contributed by atoms with Gasteiger partial charge in [0, 0.05) is 57.5 Å². The number of amides is 1. The van der Waals surface area contributed by atoms with Crippen LogP contribution in [0.15, 0.2) is 84.0 Å². The summed E-state index contributed by atoms with van der Waals surface area (Å²) in [4.78, 5) is 38.8. The average molecular weight is 578 g/mol. The summed E-state index contributed by atoms with van der Waals surface area (Å²) in [5.74, 6) is 1.34. The monoisotopic (exact) mass is 577 g/mol. The number of carbonyl (C=O) groups excluding carboxylic acids is 1. The highest BCUT2D eigenvalue weighted by molar-refractivity contribution is 5.94. The smallest absolute Gasteiger partial charge is 0.250 e. The van der Waals surface area contributed by atoms with Gasteiger partial charge in [0.25, 0.3) is 0 Å². The van der Waals surface area contributed by atoms with Gasteiger partial charge in [-0.2, -0.15) is 5.10 Å². The predicted octanol–water partition coefficient (Wildman–Crippen LogP) is 4.04. The summed E-state index contributed by atoms with van der Waals surface area (Å²) >= 11 is 0. The largest absolute Gasteiger partial charge is 0.389 e. The SMILES string of the molecule is CC(=O)N1CCN(c2nc(-c3cnn(CC(C)(C)O)c3)nc3ccc(-c4ccc(=O)n(C)c4)cc23)[C@@H](c2ccccc2)C1. The lowest BCUT2D eigenvalue weighted by Crippen LogP contribution is -2.50. The minimum absolute atomic E-state index is 0.0463. The molecule has 0 aliphatic carbocycles. The Kier molecular flexibility index (Phi) is 7.31. The first-order valence-electron chi connectivity index (χ1n) is 14.4. The van der Waals surface area contributed by atoms with Crippen molar-refractivity contribution in [3.8, 4) is 22.5 Å². The molecule has 1 N–H and O–H groups in total. The first-order chi connectivity index (χ1) is 20.6. The van der Waals surface area contributed by atoms with Crippen LogP contribution in [0.25, 0.3) is 33.4 Å². The number of fused-ring (bicyclic) bond motifs is 1. The van der Waals surface area contributed by atoms with Crippen molar-refractivity contribution in [2.24, 2.45) is 7.05 Å². The van der Waals surface area contributed by atoms with Gasteiger partial charge in [-0.3, -0.25) is 14.3 Å². The van der Waals surface area contributed by atoms with Gasteiger partial charge in [0.1, 0.15) is 5.82 Å². The maximum absolute atomic E-state index is 12.5. The van der Waals surface area contributed by atoms with E-state index in [4.69, 9.17) is 9.97 Å². The molecular weight excluding hydrogens is 542 g/mol. The average Bonchev–Trinajstić information content (AvgIpc) is 3.45. The number of rotatable bonds is 6. The Labute approximate surface area is 249 Å². The van der Waals surface area contributed by atoms with Gasteiger partial charge in [-0.25, -0.2) is 9.97 Å². The topological polar surface area (TPSA) is 109 Å².